The lowest BCUT2D eigenvalue weighted by Crippen LogP contribution is -2.39. The first-order chi connectivity index (χ1) is 12.4. The van der Waals surface area contributed by atoms with Crippen molar-refractivity contribution < 1.29 is 14.3 Å². The number of ether oxygens (including phenoxy) is 1. The summed E-state index contributed by atoms with van der Waals surface area (Å²) in [6.07, 6.45) is 1.62. The summed E-state index contributed by atoms with van der Waals surface area (Å²) in [5.74, 6) is 0.234. The van der Waals surface area contributed by atoms with Crippen LogP contribution in [0.2, 0.25) is 0 Å². The first-order valence-electron chi connectivity index (χ1n) is 8.27. The average Bonchev–Trinajstić information content (AvgIpc) is 2.61. The molecule has 7 nitrogen and oxygen atoms in total. The topological polar surface area (TPSA) is 92.4 Å². The van der Waals surface area contributed by atoms with E-state index in [4.69, 9.17) is 4.74 Å². The maximum atomic E-state index is 12.1. The monoisotopic (exact) mass is 356 g/mol. The SMILES string of the molecule is COc1ccc(CNC(=O)NCC(=O)Nc2c(C)cc(C)cc2C)cn1. The number of hydrogen-bond acceptors (Lipinski definition) is 4. The average molecular weight is 356 g/mol. The van der Waals surface area contributed by atoms with Gasteiger partial charge in [0.15, 0.2) is 0 Å². The van der Waals surface area contributed by atoms with Crippen LogP contribution in [0.4, 0.5) is 10.5 Å². The number of urea groups is 1. The van der Waals surface area contributed by atoms with Crippen molar-refractivity contribution >= 4 is 17.6 Å². The number of methoxy groups -OCH3 is 1. The van der Waals surface area contributed by atoms with Gasteiger partial charge in [-0.05, 0) is 37.5 Å². The zero-order valence-corrected chi connectivity index (χ0v) is 15.5. The maximum absolute atomic E-state index is 12.1. The number of benzene rings is 1. The normalized spacial score (nSPS) is 10.2. The maximum Gasteiger partial charge on any atom is 0.315 e. The van der Waals surface area contributed by atoms with Crippen LogP contribution in [-0.2, 0) is 11.3 Å². The molecule has 138 valence electrons. The molecule has 0 saturated carbocycles. The first kappa shape index (κ1) is 19.2. The molecule has 0 aliphatic rings. The Balaban J connectivity index is 1.78. The zero-order valence-electron chi connectivity index (χ0n) is 15.5. The number of nitrogens with zero attached hydrogens (tertiary/aromatic N) is 1. The van der Waals surface area contributed by atoms with Gasteiger partial charge >= 0.3 is 6.03 Å². The second kappa shape index (κ2) is 8.84. The fourth-order valence-electron chi connectivity index (χ4n) is 2.60. The molecule has 0 fully saturated rings. The number of carbonyl (C=O) groups excluding carboxylic acids is 2. The number of amides is 3. The predicted molar refractivity (Wildman–Crippen MR) is 100 cm³/mol. The number of rotatable bonds is 6. The molecule has 0 bridgehead atoms. The number of anilines is 1. The van der Waals surface area contributed by atoms with Crippen LogP contribution in [0.1, 0.15) is 22.3 Å². The van der Waals surface area contributed by atoms with E-state index in [1.807, 2.05) is 39.0 Å². The van der Waals surface area contributed by atoms with Gasteiger partial charge in [-0.25, -0.2) is 9.78 Å². The third-order valence-corrected chi connectivity index (χ3v) is 3.81. The Morgan fingerprint density at radius 2 is 1.77 bits per heavy atom. The minimum atomic E-state index is -0.423. The van der Waals surface area contributed by atoms with Crippen molar-refractivity contribution in [1.82, 2.24) is 15.6 Å². The zero-order chi connectivity index (χ0) is 19.1. The summed E-state index contributed by atoms with van der Waals surface area (Å²) in [5, 5.41) is 8.06. The Kier molecular flexibility index (Phi) is 6.54. The highest BCUT2D eigenvalue weighted by Crippen LogP contribution is 2.21. The molecule has 3 amide bonds. The number of aromatic nitrogens is 1. The summed E-state index contributed by atoms with van der Waals surface area (Å²) in [7, 11) is 1.54. The molecule has 0 radical (unpaired) electrons. The smallest absolute Gasteiger partial charge is 0.315 e. The Morgan fingerprint density at radius 1 is 1.08 bits per heavy atom. The lowest BCUT2D eigenvalue weighted by atomic mass is 10.1. The van der Waals surface area contributed by atoms with Crippen molar-refractivity contribution in [2.24, 2.45) is 0 Å². The molecule has 0 spiro atoms. The first-order valence-corrected chi connectivity index (χ1v) is 8.27. The number of pyridine rings is 1. The summed E-state index contributed by atoms with van der Waals surface area (Å²) >= 11 is 0. The second-order valence-electron chi connectivity index (χ2n) is 6.07. The Morgan fingerprint density at radius 3 is 2.35 bits per heavy atom. The lowest BCUT2D eigenvalue weighted by molar-refractivity contribution is -0.115. The molecule has 2 rings (SSSR count). The van der Waals surface area contributed by atoms with E-state index in [2.05, 4.69) is 20.9 Å². The minimum absolute atomic E-state index is 0.112. The van der Waals surface area contributed by atoms with Crippen LogP contribution in [-0.4, -0.2) is 30.6 Å². The van der Waals surface area contributed by atoms with Crippen molar-refractivity contribution in [3.63, 3.8) is 0 Å². The Labute approximate surface area is 153 Å². The molecule has 2 aromatic rings. The van der Waals surface area contributed by atoms with Crippen molar-refractivity contribution in [2.45, 2.75) is 27.3 Å². The third-order valence-electron chi connectivity index (χ3n) is 3.81. The van der Waals surface area contributed by atoms with Gasteiger partial charge in [0.05, 0.1) is 13.7 Å². The van der Waals surface area contributed by atoms with Crippen LogP contribution in [0.5, 0.6) is 5.88 Å². The minimum Gasteiger partial charge on any atom is -0.481 e. The molecule has 0 aliphatic heterocycles. The van der Waals surface area contributed by atoms with E-state index in [0.29, 0.717) is 12.4 Å². The van der Waals surface area contributed by atoms with Gasteiger partial charge in [0.1, 0.15) is 0 Å². The van der Waals surface area contributed by atoms with E-state index < -0.39 is 6.03 Å². The number of nitrogens with one attached hydrogen (secondary N) is 3. The van der Waals surface area contributed by atoms with Crippen molar-refractivity contribution in [3.8, 4) is 5.88 Å². The van der Waals surface area contributed by atoms with E-state index in [1.54, 1.807) is 19.4 Å². The molecule has 0 saturated heterocycles. The van der Waals surface area contributed by atoms with Crippen LogP contribution in [0, 0.1) is 20.8 Å². The van der Waals surface area contributed by atoms with Gasteiger partial charge in [-0.2, -0.15) is 0 Å². The highest BCUT2D eigenvalue weighted by Gasteiger charge is 2.09. The van der Waals surface area contributed by atoms with Gasteiger partial charge < -0.3 is 20.7 Å². The summed E-state index contributed by atoms with van der Waals surface area (Å²) in [4.78, 5) is 28.0. The molecule has 1 aromatic carbocycles. The number of aryl methyl sites for hydroxylation is 3. The predicted octanol–water partition coefficient (Wildman–Crippen LogP) is 2.45. The van der Waals surface area contributed by atoms with Gasteiger partial charge in [0, 0.05) is 24.5 Å². The Hall–Kier alpha value is -3.09. The molecule has 26 heavy (non-hydrogen) atoms. The largest absolute Gasteiger partial charge is 0.481 e. The highest BCUT2D eigenvalue weighted by atomic mass is 16.5. The lowest BCUT2D eigenvalue weighted by Gasteiger charge is -2.13. The number of carbonyl (C=O) groups is 2. The third kappa shape index (κ3) is 5.47. The molecule has 7 heteroatoms. The molecule has 3 N–H and O–H groups in total. The molecular formula is C19H24N4O3. The van der Waals surface area contributed by atoms with E-state index in [1.165, 1.54) is 0 Å². The molecule has 0 aliphatic carbocycles. The molecule has 0 atom stereocenters. The highest BCUT2D eigenvalue weighted by molar-refractivity contribution is 5.95. The summed E-state index contributed by atoms with van der Waals surface area (Å²) < 4.78 is 4.98. The summed E-state index contributed by atoms with van der Waals surface area (Å²) in [6, 6.07) is 7.11. The van der Waals surface area contributed by atoms with Crippen LogP contribution in [0.25, 0.3) is 0 Å². The van der Waals surface area contributed by atoms with Crippen molar-refractivity contribution in [2.75, 3.05) is 19.0 Å². The van der Waals surface area contributed by atoms with Crippen LogP contribution in [0.15, 0.2) is 30.5 Å². The quantitative estimate of drug-likeness (QED) is 0.741. The van der Waals surface area contributed by atoms with Gasteiger partial charge in [-0.3, -0.25) is 4.79 Å². The van der Waals surface area contributed by atoms with Crippen molar-refractivity contribution in [3.05, 3.63) is 52.7 Å². The molecule has 0 unspecified atom stereocenters. The molecular weight excluding hydrogens is 332 g/mol. The summed E-state index contributed by atoms with van der Waals surface area (Å²) in [6.45, 7) is 6.09. The molecule has 1 heterocycles. The van der Waals surface area contributed by atoms with E-state index in [9.17, 15) is 9.59 Å². The van der Waals surface area contributed by atoms with Crippen molar-refractivity contribution in [1.29, 1.82) is 0 Å². The van der Waals surface area contributed by atoms with Crippen LogP contribution >= 0.6 is 0 Å². The van der Waals surface area contributed by atoms with E-state index in [0.717, 1.165) is 27.9 Å². The van der Waals surface area contributed by atoms with Gasteiger partial charge in [-0.15, -0.1) is 0 Å². The van der Waals surface area contributed by atoms with Gasteiger partial charge in [-0.1, -0.05) is 23.8 Å². The number of hydrogen-bond donors (Lipinski definition) is 3. The summed E-state index contributed by atoms with van der Waals surface area (Å²) in [5.41, 5.74) is 4.74. The van der Waals surface area contributed by atoms with Crippen LogP contribution < -0.4 is 20.7 Å². The Bertz CT molecular complexity index is 765. The standard InChI is InChI=1S/C19H24N4O3/c1-12-7-13(2)18(14(3)8-12)23-16(24)11-22-19(25)21-10-15-5-6-17(26-4)20-9-15/h5-9H,10-11H2,1-4H3,(H,23,24)(H2,21,22,25). The van der Waals surface area contributed by atoms with Gasteiger partial charge in [0.2, 0.25) is 11.8 Å². The molecule has 1 aromatic heterocycles. The van der Waals surface area contributed by atoms with Crippen LogP contribution in [0.3, 0.4) is 0 Å². The second-order valence-corrected chi connectivity index (χ2v) is 6.07. The van der Waals surface area contributed by atoms with E-state index in [-0.39, 0.29) is 12.5 Å². The van der Waals surface area contributed by atoms with E-state index >= 15 is 0 Å². The van der Waals surface area contributed by atoms with Gasteiger partial charge in [0.25, 0.3) is 0 Å². The fourth-order valence-corrected chi connectivity index (χ4v) is 2.60. The fraction of sp³-hybridized carbons (Fsp3) is 0.316.